The summed E-state index contributed by atoms with van der Waals surface area (Å²) in [4.78, 5) is 10.6. The van der Waals surface area contributed by atoms with Crippen LogP contribution in [0.4, 0.5) is 5.69 Å². The van der Waals surface area contributed by atoms with Gasteiger partial charge in [0.25, 0.3) is 0 Å². The van der Waals surface area contributed by atoms with Crippen LogP contribution in [0.3, 0.4) is 0 Å². The number of aromatic nitrogens is 1. The van der Waals surface area contributed by atoms with E-state index in [1.54, 1.807) is 18.2 Å². The maximum absolute atomic E-state index is 10.6. The van der Waals surface area contributed by atoms with Crippen molar-refractivity contribution in [1.29, 1.82) is 0 Å². The molecule has 2 rings (SSSR count). The highest BCUT2D eigenvalue weighted by Crippen LogP contribution is 2.25. The average Bonchev–Trinajstić information content (AvgIpc) is 2.79. The number of carbonyl (C=O) groups is 1. The average molecular weight is 287 g/mol. The zero-order chi connectivity index (χ0) is 13.1. The normalized spacial score (nSPS) is 10.3. The van der Waals surface area contributed by atoms with E-state index in [4.69, 9.17) is 32.8 Å². The van der Waals surface area contributed by atoms with Crippen molar-refractivity contribution >= 4 is 34.9 Å². The summed E-state index contributed by atoms with van der Waals surface area (Å²) in [6.45, 7) is 0.304. The van der Waals surface area contributed by atoms with Gasteiger partial charge in [-0.2, -0.15) is 0 Å². The van der Waals surface area contributed by atoms with Gasteiger partial charge in [0, 0.05) is 11.8 Å². The van der Waals surface area contributed by atoms with Crippen molar-refractivity contribution in [3.63, 3.8) is 0 Å². The summed E-state index contributed by atoms with van der Waals surface area (Å²) in [5.74, 6) is -0.710. The molecule has 2 aromatic rings. The monoisotopic (exact) mass is 286 g/mol. The molecule has 0 atom stereocenters. The minimum Gasteiger partial charge on any atom is -0.476 e. The molecule has 0 unspecified atom stereocenters. The van der Waals surface area contributed by atoms with E-state index in [2.05, 4.69) is 10.5 Å². The number of aromatic carboxylic acids is 1. The van der Waals surface area contributed by atoms with Crippen molar-refractivity contribution in [3.05, 3.63) is 45.8 Å². The number of anilines is 1. The number of carboxylic acids is 1. The number of nitrogens with zero attached hydrogens (tertiary/aromatic N) is 1. The van der Waals surface area contributed by atoms with E-state index in [0.29, 0.717) is 22.4 Å². The topological polar surface area (TPSA) is 75.4 Å². The van der Waals surface area contributed by atoms with Gasteiger partial charge in [-0.15, -0.1) is 0 Å². The van der Waals surface area contributed by atoms with E-state index < -0.39 is 5.97 Å². The largest absolute Gasteiger partial charge is 0.476 e. The minimum absolute atomic E-state index is 0.124. The zero-order valence-electron chi connectivity index (χ0n) is 8.98. The molecule has 18 heavy (non-hydrogen) atoms. The highest BCUT2D eigenvalue weighted by Gasteiger charge is 2.10. The second kappa shape index (κ2) is 5.29. The van der Waals surface area contributed by atoms with Crippen molar-refractivity contribution in [2.24, 2.45) is 0 Å². The van der Waals surface area contributed by atoms with Crippen molar-refractivity contribution in [2.45, 2.75) is 6.54 Å². The number of hydrogen-bond acceptors (Lipinski definition) is 4. The fourth-order valence-corrected chi connectivity index (χ4v) is 1.59. The van der Waals surface area contributed by atoms with Crippen LogP contribution in [0, 0.1) is 0 Å². The standard InChI is InChI=1S/C11H8Cl2N2O3/c12-8-2-1-6(3-9(8)13)14-5-7-4-10(11(16)17)15-18-7/h1-4,14H,5H2,(H,16,17). The van der Waals surface area contributed by atoms with Gasteiger partial charge in [-0.25, -0.2) is 4.79 Å². The molecule has 0 bridgehead atoms. The molecule has 0 radical (unpaired) electrons. The lowest BCUT2D eigenvalue weighted by atomic mass is 10.3. The Kier molecular flexibility index (Phi) is 3.74. The Morgan fingerprint density at radius 1 is 1.33 bits per heavy atom. The molecule has 1 aromatic carbocycles. The Balaban J connectivity index is 2.02. The van der Waals surface area contributed by atoms with Gasteiger partial charge >= 0.3 is 5.97 Å². The summed E-state index contributed by atoms with van der Waals surface area (Å²) in [7, 11) is 0. The first kappa shape index (κ1) is 12.7. The number of hydrogen-bond donors (Lipinski definition) is 2. The Morgan fingerprint density at radius 3 is 2.72 bits per heavy atom. The summed E-state index contributed by atoms with van der Waals surface area (Å²) in [6.07, 6.45) is 0. The molecule has 5 nitrogen and oxygen atoms in total. The maximum atomic E-state index is 10.6. The van der Waals surface area contributed by atoms with E-state index >= 15 is 0 Å². The van der Waals surface area contributed by atoms with Gasteiger partial charge < -0.3 is 14.9 Å². The fraction of sp³-hybridized carbons (Fsp3) is 0.0909. The number of rotatable bonds is 4. The van der Waals surface area contributed by atoms with Crippen LogP contribution < -0.4 is 5.32 Å². The quantitative estimate of drug-likeness (QED) is 0.902. The van der Waals surface area contributed by atoms with Gasteiger partial charge in [0.05, 0.1) is 16.6 Å². The predicted octanol–water partition coefficient (Wildman–Crippen LogP) is 3.29. The fourth-order valence-electron chi connectivity index (χ4n) is 1.29. The van der Waals surface area contributed by atoms with Gasteiger partial charge in [0.1, 0.15) is 0 Å². The Hall–Kier alpha value is -1.72. The molecule has 0 saturated heterocycles. The summed E-state index contributed by atoms with van der Waals surface area (Å²) < 4.78 is 4.85. The van der Waals surface area contributed by atoms with Crippen LogP contribution in [-0.2, 0) is 6.54 Å². The van der Waals surface area contributed by atoms with Gasteiger partial charge in [0.15, 0.2) is 11.5 Å². The number of nitrogens with one attached hydrogen (secondary N) is 1. The second-order valence-corrected chi connectivity index (χ2v) is 4.28. The molecule has 1 heterocycles. The number of benzene rings is 1. The minimum atomic E-state index is -1.13. The lowest BCUT2D eigenvalue weighted by Crippen LogP contribution is -1.98. The molecular weight excluding hydrogens is 279 g/mol. The Labute approximate surface area is 112 Å². The predicted molar refractivity (Wildman–Crippen MR) is 67.3 cm³/mol. The summed E-state index contributed by atoms with van der Waals surface area (Å²) in [5, 5.41) is 16.0. The first-order valence-corrected chi connectivity index (χ1v) is 5.69. The van der Waals surface area contributed by atoms with Crippen molar-refractivity contribution in [1.82, 2.24) is 5.16 Å². The van der Waals surface area contributed by atoms with E-state index in [-0.39, 0.29) is 5.69 Å². The highest BCUT2D eigenvalue weighted by atomic mass is 35.5. The van der Waals surface area contributed by atoms with Crippen LogP contribution in [0.25, 0.3) is 0 Å². The smallest absolute Gasteiger partial charge is 0.358 e. The molecule has 0 fully saturated rings. The number of carboxylic acid groups (broad SMARTS) is 1. The zero-order valence-corrected chi connectivity index (χ0v) is 10.5. The number of halogens is 2. The van der Waals surface area contributed by atoms with Crippen LogP contribution in [0.2, 0.25) is 10.0 Å². The molecule has 1 aromatic heterocycles. The molecular formula is C11H8Cl2N2O3. The first-order valence-electron chi connectivity index (χ1n) is 4.94. The molecule has 7 heteroatoms. The molecule has 0 saturated carbocycles. The maximum Gasteiger partial charge on any atom is 0.358 e. The van der Waals surface area contributed by atoms with Crippen LogP contribution in [0.15, 0.2) is 28.8 Å². The lowest BCUT2D eigenvalue weighted by Gasteiger charge is -2.04. The van der Waals surface area contributed by atoms with Gasteiger partial charge in [-0.1, -0.05) is 28.4 Å². The Bertz CT molecular complexity index is 583. The third kappa shape index (κ3) is 2.94. The van der Waals surface area contributed by atoms with Gasteiger partial charge in [-0.3, -0.25) is 0 Å². The molecule has 0 spiro atoms. The van der Waals surface area contributed by atoms with Crippen LogP contribution in [0.5, 0.6) is 0 Å². The van der Waals surface area contributed by atoms with Crippen LogP contribution in [0.1, 0.15) is 16.2 Å². The molecule has 0 aliphatic rings. The Morgan fingerprint density at radius 2 is 2.11 bits per heavy atom. The third-order valence-corrected chi connectivity index (χ3v) is 2.90. The molecule has 2 N–H and O–H groups in total. The van der Waals surface area contributed by atoms with Crippen molar-refractivity contribution in [3.8, 4) is 0 Å². The second-order valence-electron chi connectivity index (χ2n) is 3.47. The highest BCUT2D eigenvalue weighted by molar-refractivity contribution is 6.42. The van der Waals surface area contributed by atoms with Gasteiger partial charge in [-0.05, 0) is 18.2 Å². The van der Waals surface area contributed by atoms with E-state index in [9.17, 15) is 4.79 Å². The van der Waals surface area contributed by atoms with Crippen molar-refractivity contribution < 1.29 is 14.4 Å². The summed E-state index contributed by atoms with van der Waals surface area (Å²) in [5.41, 5.74) is 0.624. The lowest BCUT2D eigenvalue weighted by molar-refractivity contribution is 0.0685. The molecule has 0 aliphatic heterocycles. The van der Waals surface area contributed by atoms with Gasteiger partial charge in [0.2, 0.25) is 0 Å². The van der Waals surface area contributed by atoms with E-state index in [1.807, 2.05) is 0 Å². The molecule has 0 aliphatic carbocycles. The van der Waals surface area contributed by atoms with Crippen molar-refractivity contribution in [2.75, 3.05) is 5.32 Å². The van der Waals surface area contributed by atoms with E-state index in [0.717, 1.165) is 5.69 Å². The molecule has 0 amide bonds. The van der Waals surface area contributed by atoms with E-state index in [1.165, 1.54) is 6.07 Å². The molecule has 94 valence electrons. The SMILES string of the molecule is O=C(O)c1cc(CNc2ccc(Cl)c(Cl)c2)on1. The van der Waals surface area contributed by atoms with Crippen LogP contribution >= 0.6 is 23.2 Å². The van der Waals surface area contributed by atoms with Crippen LogP contribution in [-0.4, -0.2) is 16.2 Å². The summed E-state index contributed by atoms with van der Waals surface area (Å²) in [6, 6.07) is 6.43. The summed E-state index contributed by atoms with van der Waals surface area (Å²) >= 11 is 11.6. The third-order valence-electron chi connectivity index (χ3n) is 2.16. The first-order chi connectivity index (χ1) is 8.56.